The minimum Gasteiger partial charge on any atom is -0.383 e. The number of anilines is 1. The molecule has 0 fully saturated rings. The van der Waals surface area contributed by atoms with Gasteiger partial charge >= 0.3 is 0 Å². The molecule has 0 aliphatic rings. The van der Waals surface area contributed by atoms with E-state index in [0.717, 1.165) is 35.2 Å². The highest BCUT2D eigenvalue weighted by Crippen LogP contribution is 2.31. The lowest BCUT2D eigenvalue weighted by molar-refractivity contribution is 1.14. The first-order valence-electron chi connectivity index (χ1n) is 8.55. The predicted octanol–water partition coefficient (Wildman–Crippen LogP) is 4.99. The molecule has 0 aliphatic heterocycles. The molecular formula is C22H21N3. The molecular weight excluding hydrogens is 306 g/mol. The molecule has 2 N–H and O–H groups in total. The molecule has 0 amide bonds. The highest BCUT2D eigenvalue weighted by Gasteiger charge is 2.13. The largest absolute Gasteiger partial charge is 0.383 e. The van der Waals surface area contributed by atoms with E-state index in [1.807, 2.05) is 18.2 Å². The van der Waals surface area contributed by atoms with Crippen LogP contribution < -0.4 is 5.73 Å². The van der Waals surface area contributed by atoms with E-state index >= 15 is 0 Å². The Morgan fingerprint density at radius 1 is 0.880 bits per heavy atom. The van der Waals surface area contributed by atoms with Gasteiger partial charge in [0.15, 0.2) is 0 Å². The van der Waals surface area contributed by atoms with Gasteiger partial charge in [-0.2, -0.15) is 5.26 Å². The molecule has 3 nitrogen and oxygen atoms in total. The number of nitrogen functional groups attached to an aromatic ring is 1. The van der Waals surface area contributed by atoms with Crippen LogP contribution in [-0.4, -0.2) is 4.98 Å². The maximum atomic E-state index is 9.52. The molecule has 25 heavy (non-hydrogen) atoms. The Hall–Kier alpha value is -3.12. The van der Waals surface area contributed by atoms with Crippen LogP contribution in [0, 0.1) is 11.3 Å². The van der Waals surface area contributed by atoms with Crippen molar-refractivity contribution in [1.82, 2.24) is 4.98 Å². The summed E-state index contributed by atoms with van der Waals surface area (Å²) in [7, 11) is 0. The number of hydrogen-bond acceptors (Lipinski definition) is 3. The quantitative estimate of drug-likeness (QED) is 0.734. The highest BCUT2D eigenvalue weighted by molar-refractivity contribution is 5.80. The van der Waals surface area contributed by atoms with Crippen LogP contribution in [0.1, 0.15) is 30.5 Å². The molecule has 0 atom stereocenters. The van der Waals surface area contributed by atoms with Crippen LogP contribution in [0.25, 0.3) is 22.4 Å². The zero-order valence-corrected chi connectivity index (χ0v) is 14.6. The first-order chi connectivity index (χ1) is 12.2. The highest BCUT2D eigenvalue weighted by atomic mass is 14.8. The van der Waals surface area contributed by atoms with E-state index in [0.29, 0.717) is 5.56 Å². The van der Waals surface area contributed by atoms with Crippen molar-refractivity contribution in [2.24, 2.45) is 0 Å². The van der Waals surface area contributed by atoms with Crippen molar-refractivity contribution in [2.45, 2.75) is 26.7 Å². The standard InChI is InChI=1S/C22H21N3/c1-3-15-5-9-17(10-6-15)19-13-21(25-22(24)20(19)14-23)18-11-7-16(4-2)8-12-18/h5-13H,3-4H2,1-2H3,(H2,24,25). The Kier molecular flexibility index (Phi) is 4.81. The smallest absolute Gasteiger partial charge is 0.142 e. The van der Waals surface area contributed by atoms with Gasteiger partial charge in [-0.1, -0.05) is 62.4 Å². The van der Waals surface area contributed by atoms with Gasteiger partial charge in [-0.15, -0.1) is 0 Å². The summed E-state index contributed by atoms with van der Waals surface area (Å²) < 4.78 is 0. The summed E-state index contributed by atoms with van der Waals surface area (Å²) in [4.78, 5) is 4.44. The van der Waals surface area contributed by atoms with E-state index in [1.165, 1.54) is 11.1 Å². The number of pyridine rings is 1. The molecule has 0 radical (unpaired) electrons. The lowest BCUT2D eigenvalue weighted by atomic mass is 9.97. The summed E-state index contributed by atoms with van der Waals surface area (Å²) in [5.74, 6) is 0.272. The van der Waals surface area contributed by atoms with Crippen LogP contribution >= 0.6 is 0 Å². The van der Waals surface area contributed by atoms with Crippen LogP contribution in [0.3, 0.4) is 0 Å². The third-order valence-corrected chi connectivity index (χ3v) is 4.49. The molecule has 1 heterocycles. The molecule has 3 rings (SSSR count). The minimum absolute atomic E-state index is 0.272. The Morgan fingerprint density at radius 2 is 1.40 bits per heavy atom. The first-order valence-corrected chi connectivity index (χ1v) is 8.55. The zero-order valence-electron chi connectivity index (χ0n) is 14.6. The summed E-state index contributed by atoms with van der Waals surface area (Å²) in [5.41, 5.74) is 12.6. The van der Waals surface area contributed by atoms with E-state index in [2.05, 4.69) is 61.3 Å². The van der Waals surface area contributed by atoms with E-state index in [-0.39, 0.29) is 5.82 Å². The van der Waals surface area contributed by atoms with E-state index < -0.39 is 0 Å². The fraction of sp³-hybridized carbons (Fsp3) is 0.182. The van der Waals surface area contributed by atoms with Gasteiger partial charge in [0.2, 0.25) is 0 Å². The van der Waals surface area contributed by atoms with Gasteiger partial charge in [0.05, 0.1) is 5.69 Å². The lowest BCUT2D eigenvalue weighted by Crippen LogP contribution is -2.00. The zero-order chi connectivity index (χ0) is 17.8. The van der Waals surface area contributed by atoms with Gasteiger partial charge in [-0.25, -0.2) is 4.98 Å². The van der Waals surface area contributed by atoms with Crippen LogP contribution in [0.5, 0.6) is 0 Å². The van der Waals surface area contributed by atoms with Gasteiger partial charge < -0.3 is 5.73 Å². The van der Waals surface area contributed by atoms with E-state index in [4.69, 9.17) is 5.73 Å². The molecule has 3 heteroatoms. The lowest BCUT2D eigenvalue weighted by Gasteiger charge is -2.11. The summed E-state index contributed by atoms with van der Waals surface area (Å²) in [6.45, 7) is 4.25. The Bertz CT molecular complexity index is 917. The summed E-state index contributed by atoms with van der Waals surface area (Å²) in [5, 5.41) is 9.52. The molecule has 0 spiro atoms. The first kappa shape index (κ1) is 16.7. The second-order valence-electron chi connectivity index (χ2n) is 6.03. The number of hydrogen-bond donors (Lipinski definition) is 1. The van der Waals surface area contributed by atoms with Crippen molar-refractivity contribution in [1.29, 1.82) is 5.26 Å². The maximum Gasteiger partial charge on any atom is 0.142 e. The second-order valence-corrected chi connectivity index (χ2v) is 6.03. The second kappa shape index (κ2) is 7.19. The van der Waals surface area contributed by atoms with Crippen molar-refractivity contribution in [3.05, 3.63) is 71.3 Å². The Labute approximate surface area is 148 Å². The fourth-order valence-electron chi connectivity index (χ4n) is 2.89. The van der Waals surface area contributed by atoms with E-state index in [9.17, 15) is 5.26 Å². The average Bonchev–Trinajstić information content (AvgIpc) is 2.67. The molecule has 0 aliphatic carbocycles. The normalized spacial score (nSPS) is 10.4. The molecule has 0 saturated carbocycles. The maximum absolute atomic E-state index is 9.52. The third-order valence-electron chi connectivity index (χ3n) is 4.49. The number of aryl methyl sites for hydroxylation is 2. The Balaban J connectivity index is 2.12. The van der Waals surface area contributed by atoms with Crippen molar-refractivity contribution in [3.8, 4) is 28.5 Å². The van der Waals surface area contributed by atoms with Crippen molar-refractivity contribution >= 4 is 5.82 Å². The number of nitriles is 1. The number of rotatable bonds is 4. The van der Waals surface area contributed by atoms with E-state index in [1.54, 1.807) is 0 Å². The number of aromatic nitrogens is 1. The van der Waals surface area contributed by atoms with Crippen molar-refractivity contribution in [3.63, 3.8) is 0 Å². The topological polar surface area (TPSA) is 62.7 Å². The van der Waals surface area contributed by atoms with Gasteiger partial charge in [-0.3, -0.25) is 0 Å². The van der Waals surface area contributed by atoms with Gasteiger partial charge in [0.1, 0.15) is 17.5 Å². The van der Waals surface area contributed by atoms with Crippen LogP contribution in [0.4, 0.5) is 5.82 Å². The Morgan fingerprint density at radius 3 is 1.88 bits per heavy atom. The van der Waals surface area contributed by atoms with Crippen LogP contribution in [0.2, 0.25) is 0 Å². The third kappa shape index (κ3) is 3.39. The molecule has 0 unspecified atom stereocenters. The number of nitrogens with zero attached hydrogens (tertiary/aromatic N) is 2. The fourth-order valence-corrected chi connectivity index (χ4v) is 2.89. The molecule has 0 bridgehead atoms. The molecule has 124 valence electrons. The molecule has 0 saturated heterocycles. The summed E-state index contributed by atoms with van der Waals surface area (Å²) in [6, 6.07) is 20.7. The molecule has 2 aromatic carbocycles. The summed E-state index contributed by atoms with van der Waals surface area (Å²) >= 11 is 0. The van der Waals surface area contributed by atoms with Gasteiger partial charge in [0, 0.05) is 11.1 Å². The average molecular weight is 327 g/mol. The predicted molar refractivity (Wildman–Crippen MR) is 103 cm³/mol. The number of nitrogens with two attached hydrogens (primary N) is 1. The molecule has 3 aromatic rings. The van der Waals surface area contributed by atoms with Gasteiger partial charge in [0.25, 0.3) is 0 Å². The van der Waals surface area contributed by atoms with Crippen LogP contribution in [-0.2, 0) is 12.8 Å². The monoisotopic (exact) mass is 327 g/mol. The van der Waals surface area contributed by atoms with Crippen LogP contribution in [0.15, 0.2) is 54.6 Å². The van der Waals surface area contributed by atoms with Crippen molar-refractivity contribution < 1.29 is 0 Å². The number of benzene rings is 2. The SMILES string of the molecule is CCc1ccc(-c2cc(-c3ccc(CC)cc3)c(C#N)c(N)n2)cc1. The molecule has 1 aromatic heterocycles. The minimum atomic E-state index is 0.272. The summed E-state index contributed by atoms with van der Waals surface area (Å²) in [6.07, 6.45) is 1.98. The van der Waals surface area contributed by atoms with Gasteiger partial charge in [-0.05, 0) is 35.6 Å². The van der Waals surface area contributed by atoms with Crippen molar-refractivity contribution in [2.75, 3.05) is 5.73 Å².